The number of ether oxygens (including phenoxy) is 1. The molecular weight excluding hydrogens is 323 g/mol. The van der Waals surface area contributed by atoms with Gasteiger partial charge in [-0.25, -0.2) is 9.18 Å². The van der Waals surface area contributed by atoms with Gasteiger partial charge in [0.25, 0.3) is 0 Å². The molecule has 3 rings (SSSR count). The molecule has 1 heterocycles. The molecule has 1 aromatic heterocycles. The molecule has 0 fully saturated rings. The minimum Gasteiger partial charge on any atom is -0.495 e. The van der Waals surface area contributed by atoms with Crippen molar-refractivity contribution in [1.82, 2.24) is 4.98 Å². The summed E-state index contributed by atoms with van der Waals surface area (Å²) in [6, 6.07) is 9.30. The fraction of sp³-hybridized carbons (Fsp3) is 0.0625. The molecule has 3 aromatic rings. The first-order valence-corrected chi connectivity index (χ1v) is 7.02. The predicted octanol–water partition coefficient (Wildman–Crippen LogP) is 4.41. The van der Waals surface area contributed by atoms with Gasteiger partial charge in [-0.05, 0) is 36.4 Å². The van der Waals surface area contributed by atoms with Crippen molar-refractivity contribution in [2.75, 3.05) is 12.4 Å². The highest BCUT2D eigenvalue weighted by atomic mass is 35.5. The number of carboxylic acid groups (broad SMARTS) is 1. The van der Waals surface area contributed by atoms with Crippen molar-refractivity contribution in [1.29, 1.82) is 0 Å². The van der Waals surface area contributed by atoms with Crippen molar-refractivity contribution in [2.45, 2.75) is 0 Å². The molecule has 0 saturated carbocycles. The topological polar surface area (TPSA) is 74.3 Å². The summed E-state index contributed by atoms with van der Waals surface area (Å²) in [5.41, 5.74) is 1.28. The lowest BCUT2D eigenvalue weighted by Crippen LogP contribution is -1.95. The van der Waals surface area contributed by atoms with E-state index < -0.39 is 11.8 Å². The highest BCUT2D eigenvalue weighted by molar-refractivity contribution is 6.32. The number of nitrogens with one attached hydrogen (secondary N) is 2. The second-order valence-electron chi connectivity index (χ2n) is 4.85. The number of hydrogen-bond acceptors (Lipinski definition) is 3. The molecule has 0 saturated heterocycles. The van der Waals surface area contributed by atoms with Crippen molar-refractivity contribution >= 4 is 39.8 Å². The van der Waals surface area contributed by atoms with Crippen LogP contribution in [0.5, 0.6) is 5.75 Å². The average molecular weight is 335 g/mol. The third-order valence-electron chi connectivity index (χ3n) is 3.40. The van der Waals surface area contributed by atoms with Gasteiger partial charge in [0.05, 0.1) is 17.6 Å². The molecule has 23 heavy (non-hydrogen) atoms. The summed E-state index contributed by atoms with van der Waals surface area (Å²) in [5, 5.41) is 13.0. The quantitative estimate of drug-likeness (QED) is 0.660. The van der Waals surface area contributed by atoms with Crippen LogP contribution in [-0.4, -0.2) is 23.2 Å². The van der Waals surface area contributed by atoms with Crippen molar-refractivity contribution in [3.63, 3.8) is 0 Å². The van der Waals surface area contributed by atoms with E-state index in [0.29, 0.717) is 27.5 Å². The molecule has 0 radical (unpaired) electrons. The van der Waals surface area contributed by atoms with Crippen molar-refractivity contribution in [3.05, 3.63) is 52.9 Å². The molecule has 2 aromatic carbocycles. The highest BCUT2D eigenvalue weighted by Gasteiger charge is 2.14. The van der Waals surface area contributed by atoms with Crippen LogP contribution in [0.3, 0.4) is 0 Å². The Kier molecular flexibility index (Phi) is 3.83. The number of anilines is 2. The van der Waals surface area contributed by atoms with Gasteiger partial charge in [0.15, 0.2) is 0 Å². The van der Waals surface area contributed by atoms with Crippen LogP contribution in [0.2, 0.25) is 5.02 Å². The number of halogens is 2. The van der Waals surface area contributed by atoms with Gasteiger partial charge in [0.2, 0.25) is 0 Å². The molecular formula is C16H12ClFN2O3. The molecule has 3 N–H and O–H groups in total. The van der Waals surface area contributed by atoms with Gasteiger partial charge in [0, 0.05) is 16.8 Å². The largest absolute Gasteiger partial charge is 0.495 e. The van der Waals surface area contributed by atoms with E-state index >= 15 is 0 Å². The summed E-state index contributed by atoms with van der Waals surface area (Å²) < 4.78 is 18.9. The smallest absolute Gasteiger partial charge is 0.352 e. The zero-order valence-electron chi connectivity index (χ0n) is 12.0. The van der Waals surface area contributed by atoms with Crippen LogP contribution < -0.4 is 10.1 Å². The first kappa shape index (κ1) is 15.2. The Morgan fingerprint density at radius 3 is 2.74 bits per heavy atom. The van der Waals surface area contributed by atoms with Crippen LogP contribution in [0.4, 0.5) is 15.8 Å². The normalized spacial score (nSPS) is 10.7. The highest BCUT2D eigenvalue weighted by Crippen LogP contribution is 2.32. The molecule has 0 bridgehead atoms. The number of aromatic carboxylic acids is 1. The van der Waals surface area contributed by atoms with E-state index in [-0.39, 0.29) is 11.2 Å². The molecule has 0 amide bonds. The van der Waals surface area contributed by atoms with Crippen molar-refractivity contribution < 1.29 is 19.0 Å². The van der Waals surface area contributed by atoms with Crippen LogP contribution >= 0.6 is 11.6 Å². The summed E-state index contributed by atoms with van der Waals surface area (Å²) in [6.07, 6.45) is 0. The number of methoxy groups -OCH3 is 1. The number of benzene rings is 2. The molecule has 0 spiro atoms. The molecule has 5 nitrogen and oxygen atoms in total. The van der Waals surface area contributed by atoms with Crippen LogP contribution in [0.15, 0.2) is 36.4 Å². The van der Waals surface area contributed by atoms with Crippen LogP contribution in [0.25, 0.3) is 10.9 Å². The standard InChI is InChI=1S/C16H12ClFN2O3/c1-23-14-5-2-8(6-10(14)17)19-12-4-3-11(18)15-9(12)7-13(20-15)16(21)22/h2-7,19-20H,1H3,(H,21,22). The minimum atomic E-state index is -1.15. The monoisotopic (exact) mass is 334 g/mol. The fourth-order valence-corrected chi connectivity index (χ4v) is 2.57. The Bertz CT molecular complexity index is 908. The third-order valence-corrected chi connectivity index (χ3v) is 3.70. The summed E-state index contributed by atoms with van der Waals surface area (Å²) in [4.78, 5) is 13.6. The molecule has 118 valence electrons. The first-order valence-electron chi connectivity index (χ1n) is 6.64. The number of fused-ring (bicyclic) bond motifs is 1. The fourth-order valence-electron chi connectivity index (χ4n) is 2.31. The SMILES string of the molecule is COc1ccc(Nc2ccc(F)c3[nH]c(C(=O)O)cc23)cc1Cl. The van der Waals surface area contributed by atoms with Gasteiger partial charge >= 0.3 is 5.97 Å². The second kappa shape index (κ2) is 5.81. The Morgan fingerprint density at radius 2 is 2.09 bits per heavy atom. The minimum absolute atomic E-state index is 0.0825. The lowest BCUT2D eigenvalue weighted by atomic mass is 10.2. The number of aromatic amines is 1. The number of H-pyrrole nitrogens is 1. The first-order chi connectivity index (χ1) is 11.0. The molecule has 0 aliphatic carbocycles. The van der Waals surface area contributed by atoms with Gasteiger partial charge < -0.3 is 20.1 Å². The lowest BCUT2D eigenvalue weighted by molar-refractivity contribution is 0.0691. The van der Waals surface area contributed by atoms with Crippen molar-refractivity contribution in [2.24, 2.45) is 0 Å². The Balaban J connectivity index is 2.04. The van der Waals surface area contributed by atoms with Gasteiger partial charge in [0.1, 0.15) is 17.3 Å². The molecule has 0 aliphatic rings. The average Bonchev–Trinajstić information content (AvgIpc) is 2.97. The lowest BCUT2D eigenvalue weighted by Gasteiger charge is -2.10. The second-order valence-corrected chi connectivity index (χ2v) is 5.25. The third kappa shape index (κ3) is 2.80. The Hall–Kier alpha value is -2.73. The number of carboxylic acids is 1. The summed E-state index contributed by atoms with van der Waals surface area (Å²) in [7, 11) is 1.52. The van der Waals surface area contributed by atoms with Crippen LogP contribution in [-0.2, 0) is 0 Å². The van der Waals surface area contributed by atoms with Gasteiger partial charge in [-0.15, -0.1) is 0 Å². The van der Waals surface area contributed by atoms with Crippen LogP contribution in [0, 0.1) is 5.82 Å². The predicted molar refractivity (Wildman–Crippen MR) is 86.5 cm³/mol. The molecule has 0 aliphatic heterocycles. The van der Waals surface area contributed by atoms with E-state index in [1.807, 2.05) is 0 Å². The van der Waals surface area contributed by atoms with E-state index in [2.05, 4.69) is 10.3 Å². The number of aromatic nitrogens is 1. The summed E-state index contributed by atoms with van der Waals surface area (Å²) in [6.45, 7) is 0. The summed E-state index contributed by atoms with van der Waals surface area (Å²) in [5.74, 6) is -1.14. The number of rotatable bonds is 4. The summed E-state index contributed by atoms with van der Waals surface area (Å²) >= 11 is 6.08. The Morgan fingerprint density at radius 1 is 1.30 bits per heavy atom. The number of carbonyl (C=O) groups is 1. The maximum Gasteiger partial charge on any atom is 0.352 e. The van der Waals surface area contributed by atoms with E-state index in [9.17, 15) is 9.18 Å². The van der Waals surface area contributed by atoms with Crippen molar-refractivity contribution in [3.8, 4) is 5.75 Å². The molecule has 0 atom stereocenters. The number of hydrogen-bond donors (Lipinski definition) is 3. The Labute approximate surface area is 135 Å². The molecule has 0 unspecified atom stereocenters. The maximum absolute atomic E-state index is 13.9. The molecule has 7 heteroatoms. The van der Waals surface area contributed by atoms with E-state index in [1.165, 1.54) is 25.3 Å². The maximum atomic E-state index is 13.9. The van der Waals surface area contributed by atoms with Crippen LogP contribution in [0.1, 0.15) is 10.5 Å². The van der Waals surface area contributed by atoms with Gasteiger partial charge in [-0.3, -0.25) is 0 Å². The zero-order chi connectivity index (χ0) is 16.6. The van der Waals surface area contributed by atoms with E-state index in [4.69, 9.17) is 21.4 Å². The zero-order valence-corrected chi connectivity index (χ0v) is 12.7. The van der Waals surface area contributed by atoms with E-state index in [0.717, 1.165) is 0 Å². The van der Waals surface area contributed by atoms with Gasteiger partial charge in [-0.2, -0.15) is 0 Å². The van der Waals surface area contributed by atoms with Gasteiger partial charge in [-0.1, -0.05) is 11.6 Å². The van der Waals surface area contributed by atoms with E-state index in [1.54, 1.807) is 18.2 Å².